The highest BCUT2D eigenvalue weighted by molar-refractivity contribution is 8.00. The van der Waals surface area contributed by atoms with Gasteiger partial charge in [-0.15, -0.1) is 11.3 Å². The molecule has 1 atom stereocenters. The van der Waals surface area contributed by atoms with Gasteiger partial charge in [0.25, 0.3) is 5.91 Å². The quantitative estimate of drug-likeness (QED) is 0.666. The lowest BCUT2D eigenvalue weighted by Crippen LogP contribution is -2.43. The van der Waals surface area contributed by atoms with Gasteiger partial charge in [-0.3, -0.25) is 9.59 Å². The molecule has 2 aromatic heterocycles. The van der Waals surface area contributed by atoms with Gasteiger partial charge in [-0.05, 0) is 43.4 Å². The number of nitrogens with zero attached hydrogens (tertiary/aromatic N) is 2. The maximum Gasteiger partial charge on any atom is 0.257 e. The molecule has 2 amide bonds. The molecule has 0 bridgehead atoms. The lowest BCUT2D eigenvalue weighted by Gasteiger charge is -2.31. The Kier molecular flexibility index (Phi) is 5.18. The number of fused-ring (bicyclic) bond motifs is 1. The Labute approximate surface area is 164 Å². The maximum atomic E-state index is 12.7. The molecule has 0 saturated carbocycles. The lowest BCUT2D eigenvalue weighted by molar-refractivity contribution is -0.121. The fraction of sp³-hybridized carbons (Fsp3) is 0.316. The molecule has 0 radical (unpaired) electrons. The Bertz CT molecular complexity index is 968. The Balaban J connectivity index is 1.43. The monoisotopic (exact) mass is 401 g/mol. The summed E-state index contributed by atoms with van der Waals surface area (Å²) in [6, 6.07) is 7.42. The number of thiazole rings is 1. The first kappa shape index (κ1) is 18.1. The van der Waals surface area contributed by atoms with Crippen molar-refractivity contribution < 1.29 is 14.0 Å². The Morgan fingerprint density at radius 3 is 3.04 bits per heavy atom. The highest BCUT2D eigenvalue weighted by atomic mass is 32.2. The third-order valence-corrected chi connectivity index (χ3v) is 6.66. The highest BCUT2D eigenvalue weighted by Crippen LogP contribution is 2.30. The van der Waals surface area contributed by atoms with Gasteiger partial charge in [-0.25, -0.2) is 4.98 Å². The fourth-order valence-electron chi connectivity index (χ4n) is 3.26. The number of nitrogens with one attached hydrogen (secondary N) is 1. The molecule has 1 fully saturated rings. The SMILES string of the molecule is CSc1nc2ccc(NC(=O)[C@@H]3CCCN(C(=O)c4ccoc4)C3)cc2s1. The van der Waals surface area contributed by atoms with Crippen LogP contribution >= 0.6 is 23.1 Å². The average molecular weight is 402 g/mol. The van der Waals surface area contributed by atoms with Crippen molar-refractivity contribution in [1.82, 2.24) is 9.88 Å². The number of rotatable bonds is 4. The van der Waals surface area contributed by atoms with Crippen LogP contribution in [0.25, 0.3) is 10.2 Å². The minimum atomic E-state index is -0.214. The molecule has 0 spiro atoms. The molecule has 0 aliphatic carbocycles. The van der Waals surface area contributed by atoms with E-state index in [0.717, 1.165) is 33.1 Å². The summed E-state index contributed by atoms with van der Waals surface area (Å²) >= 11 is 3.23. The zero-order valence-corrected chi connectivity index (χ0v) is 16.4. The van der Waals surface area contributed by atoms with Crippen molar-refractivity contribution in [2.75, 3.05) is 24.7 Å². The number of amides is 2. The second kappa shape index (κ2) is 7.74. The largest absolute Gasteiger partial charge is 0.472 e. The number of benzene rings is 1. The van der Waals surface area contributed by atoms with Crippen LogP contribution in [0.3, 0.4) is 0 Å². The van der Waals surface area contributed by atoms with E-state index >= 15 is 0 Å². The van der Waals surface area contributed by atoms with Gasteiger partial charge in [0.1, 0.15) is 6.26 Å². The topological polar surface area (TPSA) is 75.4 Å². The van der Waals surface area contributed by atoms with E-state index in [1.807, 2.05) is 24.5 Å². The van der Waals surface area contributed by atoms with Crippen LogP contribution in [0.5, 0.6) is 0 Å². The molecular formula is C19H19N3O3S2. The molecule has 1 saturated heterocycles. The Hall–Kier alpha value is -2.32. The summed E-state index contributed by atoms with van der Waals surface area (Å²) in [7, 11) is 0. The first-order valence-electron chi connectivity index (χ1n) is 8.71. The van der Waals surface area contributed by atoms with E-state index in [2.05, 4.69) is 10.3 Å². The molecule has 27 heavy (non-hydrogen) atoms. The molecule has 4 rings (SSSR count). The summed E-state index contributed by atoms with van der Waals surface area (Å²) in [4.78, 5) is 31.5. The molecule has 1 N–H and O–H groups in total. The molecule has 6 nitrogen and oxygen atoms in total. The van der Waals surface area contributed by atoms with Crippen molar-refractivity contribution in [1.29, 1.82) is 0 Å². The predicted octanol–water partition coefficient (Wildman–Crippen LogP) is 4.10. The second-order valence-electron chi connectivity index (χ2n) is 6.46. The van der Waals surface area contributed by atoms with Gasteiger partial charge in [0.05, 0.1) is 28.0 Å². The Morgan fingerprint density at radius 1 is 1.37 bits per heavy atom. The van der Waals surface area contributed by atoms with Crippen LogP contribution in [-0.4, -0.2) is 41.0 Å². The lowest BCUT2D eigenvalue weighted by atomic mass is 9.96. The molecule has 0 unspecified atom stereocenters. The smallest absolute Gasteiger partial charge is 0.257 e. The van der Waals surface area contributed by atoms with Gasteiger partial charge < -0.3 is 14.6 Å². The molecule has 3 heterocycles. The molecular weight excluding hydrogens is 382 g/mol. The summed E-state index contributed by atoms with van der Waals surface area (Å²) in [5.74, 6) is -0.348. The number of anilines is 1. The van der Waals surface area contributed by atoms with Gasteiger partial charge >= 0.3 is 0 Å². The van der Waals surface area contributed by atoms with Crippen molar-refractivity contribution in [3.8, 4) is 0 Å². The fourth-order valence-corrected chi connectivity index (χ4v) is 4.79. The van der Waals surface area contributed by atoms with Crippen LogP contribution in [0, 0.1) is 5.92 Å². The Morgan fingerprint density at radius 2 is 2.26 bits per heavy atom. The minimum absolute atomic E-state index is 0.0475. The van der Waals surface area contributed by atoms with E-state index < -0.39 is 0 Å². The molecule has 1 aliphatic rings. The maximum absolute atomic E-state index is 12.7. The van der Waals surface area contributed by atoms with E-state index in [1.165, 1.54) is 12.5 Å². The van der Waals surface area contributed by atoms with Gasteiger partial charge in [0.15, 0.2) is 4.34 Å². The number of hydrogen-bond acceptors (Lipinski definition) is 6. The first-order chi connectivity index (χ1) is 13.1. The number of hydrogen-bond donors (Lipinski definition) is 1. The first-order valence-corrected chi connectivity index (χ1v) is 10.7. The summed E-state index contributed by atoms with van der Waals surface area (Å²) in [5.41, 5.74) is 2.23. The summed E-state index contributed by atoms with van der Waals surface area (Å²) in [6.45, 7) is 1.09. The number of likely N-dealkylation sites (tertiary alicyclic amines) is 1. The third-order valence-electron chi connectivity index (χ3n) is 4.66. The van der Waals surface area contributed by atoms with E-state index in [9.17, 15) is 9.59 Å². The molecule has 140 valence electrons. The van der Waals surface area contributed by atoms with Crippen molar-refractivity contribution in [2.24, 2.45) is 5.92 Å². The number of piperidine rings is 1. The normalized spacial score (nSPS) is 17.2. The van der Waals surface area contributed by atoms with E-state index in [4.69, 9.17) is 4.42 Å². The summed E-state index contributed by atoms with van der Waals surface area (Å²) in [5, 5.41) is 3.00. The number of thioether (sulfide) groups is 1. The van der Waals surface area contributed by atoms with Gasteiger partial charge in [-0.2, -0.15) is 0 Å². The van der Waals surface area contributed by atoms with Crippen LogP contribution in [-0.2, 0) is 4.79 Å². The van der Waals surface area contributed by atoms with Crippen molar-refractivity contribution in [2.45, 2.75) is 17.2 Å². The van der Waals surface area contributed by atoms with Gasteiger partial charge in [0, 0.05) is 18.8 Å². The average Bonchev–Trinajstić information content (AvgIpc) is 3.36. The zero-order chi connectivity index (χ0) is 18.8. The van der Waals surface area contributed by atoms with Crippen molar-refractivity contribution in [3.63, 3.8) is 0 Å². The highest BCUT2D eigenvalue weighted by Gasteiger charge is 2.29. The number of furan rings is 1. The van der Waals surface area contributed by atoms with E-state index in [-0.39, 0.29) is 17.7 Å². The van der Waals surface area contributed by atoms with Crippen LogP contribution in [0.15, 0.2) is 45.5 Å². The second-order valence-corrected chi connectivity index (χ2v) is 8.54. The van der Waals surface area contributed by atoms with Crippen LogP contribution in [0.1, 0.15) is 23.2 Å². The van der Waals surface area contributed by atoms with E-state index in [1.54, 1.807) is 34.1 Å². The number of carbonyl (C=O) groups is 2. The summed E-state index contributed by atoms with van der Waals surface area (Å²) in [6.07, 6.45) is 6.52. The number of aromatic nitrogens is 1. The zero-order valence-electron chi connectivity index (χ0n) is 14.8. The van der Waals surface area contributed by atoms with Gasteiger partial charge in [0.2, 0.25) is 5.91 Å². The van der Waals surface area contributed by atoms with Crippen LogP contribution < -0.4 is 5.32 Å². The number of carbonyl (C=O) groups excluding carboxylic acids is 2. The van der Waals surface area contributed by atoms with E-state index in [0.29, 0.717) is 18.7 Å². The summed E-state index contributed by atoms with van der Waals surface area (Å²) < 4.78 is 7.05. The standard InChI is InChI=1S/C19H19N3O3S2/c1-26-19-21-15-5-4-14(9-16(15)27-19)20-17(23)12-3-2-7-22(10-12)18(24)13-6-8-25-11-13/h4-6,8-9,11-12H,2-3,7,10H2,1H3,(H,20,23)/t12-/m1/s1. The van der Waals surface area contributed by atoms with Crippen molar-refractivity contribution >= 4 is 50.8 Å². The van der Waals surface area contributed by atoms with Crippen LogP contribution in [0.2, 0.25) is 0 Å². The molecule has 1 aromatic carbocycles. The molecule has 3 aromatic rings. The molecule has 8 heteroatoms. The minimum Gasteiger partial charge on any atom is -0.472 e. The van der Waals surface area contributed by atoms with Crippen molar-refractivity contribution in [3.05, 3.63) is 42.4 Å². The molecule has 1 aliphatic heterocycles. The van der Waals surface area contributed by atoms with Crippen LogP contribution in [0.4, 0.5) is 5.69 Å². The predicted molar refractivity (Wildman–Crippen MR) is 107 cm³/mol. The third kappa shape index (κ3) is 3.86. The van der Waals surface area contributed by atoms with Gasteiger partial charge in [-0.1, -0.05) is 11.8 Å².